The molecular formula is C18H23N3O2S. The van der Waals surface area contributed by atoms with Crippen LogP contribution in [0.5, 0.6) is 11.5 Å². The van der Waals surface area contributed by atoms with Crippen LogP contribution in [-0.2, 0) is 0 Å². The van der Waals surface area contributed by atoms with Crippen LogP contribution in [0, 0.1) is 6.92 Å². The molecule has 0 spiro atoms. The van der Waals surface area contributed by atoms with Crippen LogP contribution < -0.4 is 20.1 Å². The Bertz CT molecular complexity index is 706. The standard InChI is InChI=1S/C18H23N3O2S/c1-5-14(13-9-10-15(22-3)16(11-13)23-4)20-18(24)21-17-8-6-7-12(2)19-17/h6-11,14H,5H2,1-4H3,(H2,19,20,21,24)/t14-/m0/s1. The molecule has 2 aromatic rings. The minimum absolute atomic E-state index is 0.0645. The maximum Gasteiger partial charge on any atom is 0.172 e. The van der Waals surface area contributed by atoms with Crippen LogP contribution in [0.3, 0.4) is 0 Å². The number of hydrogen-bond donors (Lipinski definition) is 2. The second-order valence-corrected chi connectivity index (χ2v) is 5.75. The second-order valence-electron chi connectivity index (χ2n) is 5.34. The van der Waals surface area contributed by atoms with Crippen molar-refractivity contribution in [2.45, 2.75) is 26.3 Å². The van der Waals surface area contributed by atoms with Crippen molar-refractivity contribution in [1.82, 2.24) is 10.3 Å². The Morgan fingerprint density at radius 1 is 1.17 bits per heavy atom. The number of anilines is 1. The first-order valence-corrected chi connectivity index (χ1v) is 8.21. The quantitative estimate of drug-likeness (QED) is 0.776. The molecule has 2 N–H and O–H groups in total. The lowest BCUT2D eigenvalue weighted by Crippen LogP contribution is -2.32. The average molecular weight is 345 g/mol. The molecule has 6 heteroatoms. The lowest BCUT2D eigenvalue weighted by Gasteiger charge is -2.21. The third-order valence-corrected chi connectivity index (χ3v) is 3.87. The van der Waals surface area contributed by atoms with E-state index >= 15 is 0 Å². The highest BCUT2D eigenvalue weighted by Gasteiger charge is 2.14. The van der Waals surface area contributed by atoms with Crippen molar-refractivity contribution in [3.05, 3.63) is 47.7 Å². The Hall–Kier alpha value is -2.34. The van der Waals surface area contributed by atoms with Gasteiger partial charge in [-0.2, -0.15) is 0 Å². The number of methoxy groups -OCH3 is 2. The largest absolute Gasteiger partial charge is 0.493 e. The van der Waals surface area contributed by atoms with Crippen LogP contribution in [0.1, 0.15) is 30.6 Å². The van der Waals surface area contributed by atoms with Crippen LogP contribution in [-0.4, -0.2) is 24.3 Å². The highest BCUT2D eigenvalue weighted by molar-refractivity contribution is 7.80. The average Bonchev–Trinajstić information content (AvgIpc) is 2.59. The molecule has 0 amide bonds. The first kappa shape index (κ1) is 18.0. The van der Waals surface area contributed by atoms with Crippen LogP contribution in [0.15, 0.2) is 36.4 Å². The Labute approximate surface area is 148 Å². The summed E-state index contributed by atoms with van der Waals surface area (Å²) >= 11 is 5.41. The lowest BCUT2D eigenvalue weighted by atomic mass is 10.0. The lowest BCUT2D eigenvalue weighted by molar-refractivity contribution is 0.354. The smallest absolute Gasteiger partial charge is 0.172 e. The van der Waals surface area contributed by atoms with Crippen molar-refractivity contribution < 1.29 is 9.47 Å². The molecule has 1 atom stereocenters. The highest BCUT2D eigenvalue weighted by Crippen LogP contribution is 2.30. The Kier molecular flexibility index (Phi) is 6.37. The predicted molar refractivity (Wildman–Crippen MR) is 101 cm³/mol. The van der Waals surface area contributed by atoms with Crippen molar-refractivity contribution >= 4 is 23.1 Å². The molecule has 0 saturated heterocycles. The van der Waals surface area contributed by atoms with Crippen LogP contribution in [0.4, 0.5) is 5.82 Å². The van der Waals surface area contributed by atoms with Crippen molar-refractivity contribution in [3.8, 4) is 11.5 Å². The van der Waals surface area contributed by atoms with Crippen molar-refractivity contribution in [2.24, 2.45) is 0 Å². The summed E-state index contributed by atoms with van der Waals surface area (Å²) in [4.78, 5) is 4.39. The molecule has 1 heterocycles. The van der Waals surface area contributed by atoms with Gasteiger partial charge < -0.3 is 20.1 Å². The summed E-state index contributed by atoms with van der Waals surface area (Å²) in [7, 11) is 3.26. The van der Waals surface area contributed by atoms with E-state index in [2.05, 4.69) is 22.5 Å². The zero-order valence-electron chi connectivity index (χ0n) is 14.4. The van der Waals surface area contributed by atoms with E-state index in [1.165, 1.54) is 0 Å². The predicted octanol–water partition coefficient (Wildman–Crippen LogP) is 3.84. The molecule has 1 aromatic heterocycles. The van der Waals surface area contributed by atoms with Gasteiger partial charge in [0.1, 0.15) is 5.82 Å². The minimum atomic E-state index is 0.0645. The topological polar surface area (TPSA) is 55.4 Å². The number of nitrogens with zero attached hydrogens (tertiary/aromatic N) is 1. The molecular weight excluding hydrogens is 322 g/mol. The summed E-state index contributed by atoms with van der Waals surface area (Å²) in [5, 5.41) is 6.98. The molecule has 24 heavy (non-hydrogen) atoms. The fourth-order valence-electron chi connectivity index (χ4n) is 2.41. The van der Waals surface area contributed by atoms with Gasteiger partial charge in [-0.25, -0.2) is 4.98 Å². The fourth-order valence-corrected chi connectivity index (χ4v) is 2.66. The van der Waals surface area contributed by atoms with Crippen LogP contribution in [0.25, 0.3) is 0 Å². The molecule has 128 valence electrons. The number of thiocarbonyl (C=S) groups is 1. The molecule has 0 unspecified atom stereocenters. The molecule has 0 radical (unpaired) electrons. The van der Waals surface area contributed by atoms with E-state index in [0.717, 1.165) is 23.5 Å². The summed E-state index contributed by atoms with van der Waals surface area (Å²) in [5.74, 6) is 2.14. The molecule has 0 fully saturated rings. The molecule has 2 rings (SSSR count). The van der Waals surface area contributed by atoms with Gasteiger partial charge in [0.15, 0.2) is 16.6 Å². The highest BCUT2D eigenvalue weighted by atomic mass is 32.1. The zero-order valence-corrected chi connectivity index (χ0v) is 15.2. The second kappa shape index (κ2) is 8.49. The first-order chi connectivity index (χ1) is 11.6. The third-order valence-electron chi connectivity index (χ3n) is 3.65. The Morgan fingerprint density at radius 2 is 1.92 bits per heavy atom. The van der Waals surface area contributed by atoms with Gasteiger partial charge in [-0.15, -0.1) is 0 Å². The first-order valence-electron chi connectivity index (χ1n) is 7.80. The van der Waals surface area contributed by atoms with E-state index in [4.69, 9.17) is 21.7 Å². The number of hydrogen-bond acceptors (Lipinski definition) is 4. The van der Waals surface area contributed by atoms with Gasteiger partial charge in [-0.1, -0.05) is 19.1 Å². The van der Waals surface area contributed by atoms with E-state index in [0.29, 0.717) is 16.6 Å². The normalized spacial score (nSPS) is 11.5. The number of aromatic nitrogens is 1. The van der Waals surface area contributed by atoms with Gasteiger partial charge >= 0.3 is 0 Å². The molecule has 0 aliphatic carbocycles. The Morgan fingerprint density at radius 3 is 2.54 bits per heavy atom. The SMILES string of the molecule is CC[C@H](NC(=S)Nc1cccc(C)n1)c1ccc(OC)c(OC)c1. The van der Waals surface area contributed by atoms with Gasteiger partial charge in [-0.3, -0.25) is 0 Å². The minimum Gasteiger partial charge on any atom is -0.493 e. The van der Waals surface area contributed by atoms with Gasteiger partial charge in [0, 0.05) is 5.69 Å². The Balaban J connectivity index is 2.09. The molecule has 0 aliphatic rings. The summed E-state index contributed by atoms with van der Waals surface area (Å²) in [6.07, 6.45) is 0.874. The van der Waals surface area contributed by atoms with Crippen molar-refractivity contribution in [3.63, 3.8) is 0 Å². The fraction of sp³-hybridized carbons (Fsp3) is 0.333. The number of benzene rings is 1. The zero-order chi connectivity index (χ0) is 17.5. The molecule has 5 nitrogen and oxygen atoms in total. The van der Waals surface area contributed by atoms with Crippen molar-refractivity contribution in [2.75, 3.05) is 19.5 Å². The van der Waals surface area contributed by atoms with E-state index in [1.807, 2.05) is 43.3 Å². The number of aryl methyl sites for hydroxylation is 1. The summed E-state index contributed by atoms with van der Waals surface area (Å²) in [6.45, 7) is 4.04. The van der Waals surface area contributed by atoms with Crippen molar-refractivity contribution in [1.29, 1.82) is 0 Å². The van der Waals surface area contributed by atoms with Gasteiger partial charge in [-0.05, 0) is 55.4 Å². The molecule has 0 aliphatic heterocycles. The maximum absolute atomic E-state index is 5.41. The summed E-state index contributed by atoms with van der Waals surface area (Å²) in [6, 6.07) is 11.7. The number of ether oxygens (including phenoxy) is 2. The summed E-state index contributed by atoms with van der Waals surface area (Å²) in [5.41, 5.74) is 2.02. The van der Waals surface area contributed by atoms with Gasteiger partial charge in [0.25, 0.3) is 0 Å². The van der Waals surface area contributed by atoms with Gasteiger partial charge in [0.2, 0.25) is 0 Å². The molecule has 1 aromatic carbocycles. The van der Waals surface area contributed by atoms with Gasteiger partial charge in [0.05, 0.1) is 20.3 Å². The van der Waals surface area contributed by atoms with E-state index in [1.54, 1.807) is 14.2 Å². The van der Waals surface area contributed by atoms with Crippen LogP contribution >= 0.6 is 12.2 Å². The van der Waals surface area contributed by atoms with Crippen LogP contribution in [0.2, 0.25) is 0 Å². The van der Waals surface area contributed by atoms with E-state index in [9.17, 15) is 0 Å². The number of nitrogens with one attached hydrogen (secondary N) is 2. The molecule has 0 saturated carbocycles. The third kappa shape index (κ3) is 4.58. The number of rotatable bonds is 6. The summed E-state index contributed by atoms with van der Waals surface area (Å²) < 4.78 is 10.7. The van der Waals surface area contributed by atoms with E-state index in [-0.39, 0.29) is 6.04 Å². The molecule has 0 bridgehead atoms. The monoisotopic (exact) mass is 345 g/mol. The maximum atomic E-state index is 5.41. The van der Waals surface area contributed by atoms with E-state index < -0.39 is 0 Å². The number of pyridine rings is 1.